The highest BCUT2D eigenvalue weighted by Gasteiger charge is 2.20. The molecule has 1 saturated carbocycles. The molecule has 1 heterocycles. The number of benzene rings is 2. The number of anilines is 2. The average molecular weight is 344 g/mol. The Kier molecular flexibility index (Phi) is 4.82. The fourth-order valence-corrected chi connectivity index (χ4v) is 2.96. The zero-order valence-corrected chi connectivity index (χ0v) is 15.0. The third kappa shape index (κ3) is 4.20. The molecule has 1 aliphatic rings. The van der Waals surface area contributed by atoms with Crippen molar-refractivity contribution in [3.8, 4) is 11.3 Å². The van der Waals surface area contributed by atoms with Crippen molar-refractivity contribution < 1.29 is 0 Å². The zero-order valence-electron chi connectivity index (χ0n) is 15.0. The summed E-state index contributed by atoms with van der Waals surface area (Å²) >= 11 is 0. The third-order valence-electron chi connectivity index (χ3n) is 4.77. The van der Waals surface area contributed by atoms with Crippen molar-refractivity contribution in [3.05, 3.63) is 72.6 Å². The van der Waals surface area contributed by atoms with E-state index in [1.54, 1.807) is 6.20 Å². The lowest BCUT2D eigenvalue weighted by molar-refractivity contribution is 0.872. The van der Waals surface area contributed by atoms with E-state index in [0.29, 0.717) is 0 Å². The zero-order chi connectivity index (χ0) is 17.8. The summed E-state index contributed by atoms with van der Waals surface area (Å²) in [6.07, 6.45) is 6.31. The van der Waals surface area contributed by atoms with Crippen LogP contribution in [0.4, 0.5) is 11.5 Å². The van der Waals surface area contributed by atoms with Crippen LogP contribution in [-0.2, 0) is 0 Å². The summed E-state index contributed by atoms with van der Waals surface area (Å²) in [6, 6.07) is 19.0. The summed E-state index contributed by atoms with van der Waals surface area (Å²) < 4.78 is 0. The number of aromatic nitrogens is 2. The summed E-state index contributed by atoms with van der Waals surface area (Å²) in [5.41, 5.74) is 4.35. The van der Waals surface area contributed by atoms with E-state index < -0.39 is 0 Å². The van der Waals surface area contributed by atoms with E-state index in [2.05, 4.69) is 71.1 Å². The largest absolute Gasteiger partial charge is 0.385 e. The Morgan fingerprint density at radius 1 is 1.00 bits per heavy atom. The second kappa shape index (κ2) is 7.56. The van der Waals surface area contributed by atoms with E-state index >= 15 is 0 Å². The van der Waals surface area contributed by atoms with Crippen molar-refractivity contribution in [2.45, 2.75) is 25.8 Å². The fraction of sp³-hybridized carbons (Fsp3) is 0.273. The topological polar surface area (TPSA) is 49.8 Å². The summed E-state index contributed by atoms with van der Waals surface area (Å²) in [7, 11) is 0. The van der Waals surface area contributed by atoms with E-state index in [9.17, 15) is 0 Å². The highest BCUT2D eigenvalue weighted by molar-refractivity contribution is 5.63. The van der Waals surface area contributed by atoms with Crippen LogP contribution >= 0.6 is 0 Å². The number of hydrogen-bond acceptors (Lipinski definition) is 4. The second-order valence-electron chi connectivity index (χ2n) is 6.97. The van der Waals surface area contributed by atoms with Crippen molar-refractivity contribution in [1.29, 1.82) is 0 Å². The van der Waals surface area contributed by atoms with E-state index in [4.69, 9.17) is 4.98 Å². The molecule has 0 spiro atoms. The molecule has 0 saturated heterocycles. The summed E-state index contributed by atoms with van der Waals surface area (Å²) in [5, 5.41) is 6.93. The van der Waals surface area contributed by atoms with Gasteiger partial charge in [-0.2, -0.15) is 0 Å². The number of nitrogens with zero attached hydrogens (tertiary/aromatic N) is 2. The van der Waals surface area contributed by atoms with Crippen LogP contribution in [0.1, 0.15) is 31.4 Å². The monoisotopic (exact) mass is 344 g/mol. The maximum Gasteiger partial charge on any atom is 0.145 e. The van der Waals surface area contributed by atoms with Crippen LogP contribution in [0, 0.1) is 5.92 Å². The summed E-state index contributed by atoms with van der Waals surface area (Å²) in [5.74, 6) is 1.66. The van der Waals surface area contributed by atoms with Gasteiger partial charge in [-0.15, -0.1) is 0 Å². The Balaban J connectivity index is 1.44. The molecule has 4 rings (SSSR count). The van der Waals surface area contributed by atoms with Gasteiger partial charge in [0, 0.05) is 23.8 Å². The Labute approximate surface area is 154 Å². The van der Waals surface area contributed by atoms with Gasteiger partial charge in [0.25, 0.3) is 0 Å². The molecule has 4 heteroatoms. The van der Waals surface area contributed by atoms with E-state index in [0.717, 1.165) is 29.5 Å². The standard InChI is InChI=1S/C22H24N4/c1-16(18-5-3-2-4-6-18)25-22-15-23-14-21(26-22)19-9-11-20(12-10-19)24-13-17-7-8-17/h2-6,9-12,14-17,24H,7-8,13H2,1H3,(H,25,26)/t16-/m0/s1. The van der Waals surface area contributed by atoms with Gasteiger partial charge in [-0.25, -0.2) is 4.98 Å². The molecule has 0 amide bonds. The lowest BCUT2D eigenvalue weighted by Crippen LogP contribution is -2.08. The smallest absolute Gasteiger partial charge is 0.145 e. The van der Waals surface area contributed by atoms with Gasteiger partial charge in [-0.1, -0.05) is 42.5 Å². The Morgan fingerprint density at radius 2 is 1.77 bits per heavy atom. The minimum atomic E-state index is 0.176. The number of hydrogen-bond donors (Lipinski definition) is 2. The normalized spacial score (nSPS) is 14.7. The molecule has 1 fully saturated rings. The van der Waals surface area contributed by atoms with Crippen LogP contribution in [0.2, 0.25) is 0 Å². The van der Waals surface area contributed by atoms with Crippen molar-refractivity contribution in [2.75, 3.05) is 17.2 Å². The van der Waals surface area contributed by atoms with Crippen LogP contribution in [0.15, 0.2) is 67.0 Å². The molecular formula is C22H24N4. The molecule has 4 nitrogen and oxygen atoms in total. The van der Waals surface area contributed by atoms with Gasteiger partial charge in [0.1, 0.15) is 5.82 Å². The van der Waals surface area contributed by atoms with Gasteiger partial charge in [-0.3, -0.25) is 4.98 Å². The second-order valence-corrected chi connectivity index (χ2v) is 6.97. The van der Waals surface area contributed by atoms with Crippen LogP contribution in [-0.4, -0.2) is 16.5 Å². The van der Waals surface area contributed by atoms with Crippen molar-refractivity contribution in [2.24, 2.45) is 5.92 Å². The molecule has 3 aromatic rings. The molecule has 0 aliphatic heterocycles. The van der Waals surface area contributed by atoms with Gasteiger partial charge < -0.3 is 10.6 Å². The van der Waals surface area contributed by atoms with Crippen LogP contribution in [0.5, 0.6) is 0 Å². The van der Waals surface area contributed by atoms with E-state index in [-0.39, 0.29) is 6.04 Å². The molecule has 1 atom stereocenters. The van der Waals surface area contributed by atoms with Crippen LogP contribution in [0.25, 0.3) is 11.3 Å². The number of nitrogens with one attached hydrogen (secondary N) is 2. The van der Waals surface area contributed by atoms with E-state index in [1.807, 2.05) is 12.3 Å². The highest BCUT2D eigenvalue weighted by Crippen LogP contribution is 2.29. The molecule has 2 N–H and O–H groups in total. The SMILES string of the molecule is C[C@H](Nc1cncc(-c2ccc(NCC3CC3)cc2)n1)c1ccccc1. The number of rotatable bonds is 7. The first-order valence-electron chi connectivity index (χ1n) is 9.26. The Morgan fingerprint density at radius 3 is 2.50 bits per heavy atom. The Hall–Kier alpha value is -2.88. The molecule has 0 radical (unpaired) electrons. The Bertz CT molecular complexity index is 842. The van der Waals surface area contributed by atoms with E-state index in [1.165, 1.54) is 24.1 Å². The quantitative estimate of drug-likeness (QED) is 0.623. The minimum Gasteiger partial charge on any atom is -0.385 e. The first kappa shape index (κ1) is 16.6. The van der Waals surface area contributed by atoms with Crippen molar-refractivity contribution >= 4 is 11.5 Å². The average Bonchev–Trinajstić information content (AvgIpc) is 3.52. The lowest BCUT2D eigenvalue weighted by Gasteiger charge is -2.15. The predicted molar refractivity (Wildman–Crippen MR) is 107 cm³/mol. The van der Waals surface area contributed by atoms with Crippen molar-refractivity contribution in [3.63, 3.8) is 0 Å². The summed E-state index contributed by atoms with van der Waals surface area (Å²) in [6.45, 7) is 3.21. The van der Waals surface area contributed by atoms with Gasteiger partial charge in [0.15, 0.2) is 0 Å². The fourth-order valence-electron chi connectivity index (χ4n) is 2.96. The van der Waals surface area contributed by atoms with Crippen LogP contribution < -0.4 is 10.6 Å². The van der Waals surface area contributed by atoms with Crippen LogP contribution in [0.3, 0.4) is 0 Å². The molecule has 2 aromatic carbocycles. The van der Waals surface area contributed by atoms with Gasteiger partial charge in [0.2, 0.25) is 0 Å². The maximum atomic E-state index is 4.73. The first-order chi connectivity index (χ1) is 12.8. The predicted octanol–water partition coefficient (Wildman–Crippen LogP) is 5.14. The van der Waals surface area contributed by atoms with Gasteiger partial charge in [0.05, 0.1) is 18.1 Å². The lowest BCUT2D eigenvalue weighted by atomic mass is 10.1. The highest BCUT2D eigenvalue weighted by atomic mass is 15.0. The van der Waals surface area contributed by atoms with Gasteiger partial charge in [-0.05, 0) is 43.4 Å². The molecule has 26 heavy (non-hydrogen) atoms. The van der Waals surface area contributed by atoms with Gasteiger partial charge >= 0.3 is 0 Å². The third-order valence-corrected chi connectivity index (χ3v) is 4.77. The molecule has 0 unspecified atom stereocenters. The molecule has 132 valence electrons. The summed E-state index contributed by atoms with van der Waals surface area (Å²) in [4.78, 5) is 9.09. The maximum absolute atomic E-state index is 4.73. The molecule has 1 aromatic heterocycles. The molecule has 1 aliphatic carbocycles. The molecule has 0 bridgehead atoms. The molecular weight excluding hydrogens is 320 g/mol. The first-order valence-corrected chi connectivity index (χ1v) is 9.26. The minimum absolute atomic E-state index is 0.176. The van der Waals surface area contributed by atoms with Crippen molar-refractivity contribution in [1.82, 2.24) is 9.97 Å².